The molecule has 92 valence electrons. The molecule has 0 aliphatic rings. The van der Waals surface area contributed by atoms with Gasteiger partial charge in [-0.05, 0) is 41.5 Å². The standard InChI is InChI=1S/C13H23NO2/c1-10(2)8-7-9-11(3)14-12(15)16-13(4,5)6/h7-9,11H,1-6H3,(H,14,15)/b9-7+. The molecule has 1 amide bonds. The van der Waals surface area contributed by atoms with Gasteiger partial charge in [0.25, 0.3) is 0 Å². The SMILES string of the molecule is CC(C)=C/C=C/C(C)NC(=O)OC(C)(C)C. The molecule has 0 saturated carbocycles. The molecule has 0 rings (SSSR count). The van der Waals surface area contributed by atoms with Gasteiger partial charge in [-0.2, -0.15) is 0 Å². The molecule has 0 aromatic heterocycles. The van der Waals surface area contributed by atoms with E-state index in [1.54, 1.807) is 0 Å². The number of rotatable bonds is 3. The lowest BCUT2D eigenvalue weighted by Crippen LogP contribution is -2.36. The van der Waals surface area contributed by atoms with E-state index in [0.717, 1.165) is 0 Å². The molecule has 0 fully saturated rings. The van der Waals surface area contributed by atoms with Crippen LogP contribution >= 0.6 is 0 Å². The van der Waals surface area contributed by atoms with E-state index in [1.165, 1.54) is 5.57 Å². The zero-order valence-electron chi connectivity index (χ0n) is 11.1. The lowest BCUT2D eigenvalue weighted by atomic mass is 10.2. The van der Waals surface area contributed by atoms with E-state index in [2.05, 4.69) is 5.32 Å². The van der Waals surface area contributed by atoms with Crippen molar-refractivity contribution in [2.75, 3.05) is 0 Å². The summed E-state index contributed by atoms with van der Waals surface area (Å²) in [5, 5.41) is 2.73. The van der Waals surface area contributed by atoms with Crippen LogP contribution in [0.25, 0.3) is 0 Å². The van der Waals surface area contributed by atoms with Crippen molar-refractivity contribution in [1.82, 2.24) is 5.32 Å². The number of amides is 1. The second-order valence-corrected chi connectivity index (χ2v) is 5.06. The van der Waals surface area contributed by atoms with Crippen molar-refractivity contribution >= 4 is 6.09 Å². The zero-order chi connectivity index (χ0) is 12.8. The Morgan fingerprint density at radius 1 is 1.31 bits per heavy atom. The highest BCUT2D eigenvalue weighted by atomic mass is 16.6. The van der Waals surface area contributed by atoms with Crippen LogP contribution in [0.4, 0.5) is 4.79 Å². The Hall–Kier alpha value is -1.25. The quantitative estimate of drug-likeness (QED) is 0.747. The van der Waals surface area contributed by atoms with Crippen LogP contribution in [0.3, 0.4) is 0 Å². The second kappa shape index (κ2) is 6.36. The van der Waals surface area contributed by atoms with Crippen LogP contribution in [0, 0.1) is 0 Å². The number of carbonyl (C=O) groups excluding carboxylic acids is 1. The van der Waals surface area contributed by atoms with Crippen molar-refractivity contribution in [1.29, 1.82) is 0 Å². The summed E-state index contributed by atoms with van der Waals surface area (Å²) in [6.45, 7) is 11.5. The van der Waals surface area contributed by atoms with Gasteiger partial charge in [-0.25, -0.2) is 4.79 Å². The first-order valence-corrected chi connectivity index (χ1v) is 5.52. The van der Waals surface area contributed by atoms with Gasteiger partial charge in [0.05, 0.1) is 0 Å². The number of nitrogens with one attached hydrogen (secondary N) is 1. The average Bonchev–Trinajstić information content (AvgIpc) is 1.98. The van der Waals surface area contributed by atoms with E-state index in [1.807, 2.05) is 59.8 Å². The van der Waals surface area contributed by atoms with Gasteiger partial charge in [-0.1, -0.05) is 23.8 Å². The van der Waals surface area contributed by atoms with Crippen molar-refractivity contribution in [3.8, 4) is 0 Å². The Bertz CT molecular complexity index is 281. The number of ether oxygens (including phenoxy) is 1. The van der Waals surface area contributed by atoms with E-state index >= 15 is 0 Å². The Labute approximate surface area is 98.6 Å². The molecule has 0 aliphatic heterocycles. The van der Waals surface area contributed by atoms with Gasteiger partial charge in [0.15, 0.2) is 0 Å². The van der Waals surface area contributed by atoms with Crippen molar-refractivity contribution in [2.24, 2.45) is 0 Å². The number of hydrogen-bond donors (Lipinski definition) is 1. The lowest BCUT2D eigenvalue weighted by Gasteiger charge is -2.20. The molecule has 3 heteroatoms. The molecule has 0 aliphatic carbocycles. The minimum absolute atomic E-state index is 0.0366. The number of allylic oxidation sites excluding steroid dienone is 3. The highest BCUT2D eigenvalue weighted by Gasteiger charge is 2.16. The third-order valence-corrected chi connectivity index (χ3v) is 1.57. The summed E-state index contributed by atoms with van der Waals surface area (Å²) in [7, 11) is 0. The predicted octanol–water partition coefficient (Wildman–Crippen LogP) is 3.42. The first-order chi connectivity index (χ1) is 7.20. The summed E-state index contributed by atoms with van der Waals surface area (Å²) >= 11 is 0. The molecule has 0 bridgehead atoms. The first kappa shape index (κ1) is 14.8. The maximum Gasteiger partial charge on any atom is 0.408 e. The van der Waals surface area contributed by atoms with Gasteiger partial charge < -0.3 is 10.1 Å². The summed E-state index contributed by atoms with van der Waals surface area (Å²) < 4.78 is 5.14. The molecular weight excluding hydrogens is 202 g/mol. The Morgan fingerprint density at radius 2 is 1.88 bits per heavy atom. The maximum atomic E-state index is 11.4. The Kier molecular flexibility index (Phi) is 5.86. The molecule has 3 nitrogen and oxygen atoms in total. The zero-order valence-corrected chi connectivity index (χ0v) is 11.1. The van der Waals surface area contributed by atoms with Crippen LogP contribution in [0.15, 0.2) is 23.8 Å². The van der Waals surface area contributed by atoms with Crippen LogP contribution in [0.1, 0.15) is 41.5 Å². The van der Waals surface area contributed by atoms with Crippen molar-refractivity contribution < 1.29 is 9.53 Å². The summed E-state index contributed by atoms with van der Waals surface area (Å²) in [4.78, 5) is 11.4. The summed E-state index contributed by atoms with van der Waals surface area (Å²) in [5.41, 5.74) is 0.772. The highest BCUT2D eigenvalue weighted by Crippen LogP contribution is 2.06. The van der Waals surface area contributed by atoms with E-state index in [-0.39, 0.29) is 12.1 Å². The largest absolute Gasteiger partial charge is 0.444 e. The second-order valence-electron chi connectivity index (χ2n) is 5.06. The fourth-order valence-corrected chi connectivity index (χ4v) is 0.956. The van der Waals surface area contributed by atoms with Crippen LogP contribution in [0.2, 0.25) is 0 Å². The molecule has 1 unspecified atom stereocenters. The first-order valence-electron chi connectivity index (χ1n) is 5.52. The number of alkyl carbamates (subject to hydrolysis) is 1. The van der Waals surface area contributed by atoms with E-state index in [0.29, 0.717) is 0 Å². The number of carbonyl (C=O) groups is 1. The monoisotopic (exact) mass is 225 g/mol. The maximum absolute atomic E-state index is 11.4. The third-order valence-electron chi connectivity index (χ3n) is 1.57. The molecule has 0 spiro atoms. The molecule has 0 heterocycles. The highest BCUT2D eigenvalue weighted by molar-refractivity contribution is 5.68. The summed E-state index contributed by atoms with van der Waals surface area (Å²) in [5.74, 6) is 0. The third kappa shape index (κ3) is 9.31. The van der Waals surface area contributed by atoms with Crippen molar-refractivity contribution in [3.63, 3.8) is 0 Å². The van der Waals surface area contributed by atoms with E-state index in [9.17, 15) is 4.79 Å². The normalized spacial score (nSPS) is 13.4. The van der Waals surface area contributed by atoms with Crippen LogP contribution in [0.5, 0.6) is 0 Å². The smallest absolute Gasteiger partial charge is 0.408 e. The molecule has 1 N–H and O–H groups in total. The Morgan fingerprint density at radius 3 is 2.31 bits per heavy atom. The predicted molar refractivity (Wildman–Crippen MR) is 67.4 cm³/mol. The van der Waals surface area contributed by atoms with Crippen molar-refractivity contribution in [3.05, 3.63) is 23.8 Å². The lowest BCUT2D eigenvalue weighted by molar-refractivity contribution is 0.0518. The van der Waals surface area contributed by atoms with Gasteiger partial charge in [0.1, 0.15) is 5.60 Å². The van der Waals surface area contributed by atoms with Crippen LogP contribution in [-0.4, -0.2) is 17.7 Å². The molecule has 0 aromatic carbocycles. The molecular formula is C13H23NO2. The molecule has 16 heavy (non-hydrogen) atoms. The van der Waals surface area contributed by atoms with Gasteiger partial charge in [-0.15, -0.1) is 0 Å². The van der Waals surface area contributed by atoms with Gasteiger partial charge >= 0.3 is 6.09 Å². The van der Waals surface area contributed by atoms with Crippen molar-refractivity contribution in [2.45, 2.75) is 53.2 Å². The Balaban J connectivity index is 4.06. The minimum atomic E-state index is -0.451. The minimum Gasteiger partial charge on any atom is -0.444 e. The fourth-order valence-electron chi connectivity index (χ4n) is 0.956. The fraction of sp³-hybridized carbons (Fsp3) is 0.615. The van der Waals surface area contributed by atoms with Gasteiger partial charge in [-0.3, -0.25) is 0 Å². The molecule has 1 atom stereocenters. The van der Waals surface area contributed by atoms with E-state index < -0.39 is 5.60 Å². The van der Waals surface area contributed by atoms with E-state index in [4.69, 9.17) is 4.74 Å². The van der Waals surface area contributed by atoms with Crippen LogP contribution < -0.4 is 5.32 Å². The van der Waals surface area contributed by atoms with Crippen LogP contribution in [-0.2, 0) is 4.74 Å². The molecule has 0 saturated heterocycles. The van der Waals surface area contributed by atoms with Gasteiger partial charge in [0, 0.05) is 6.04 Å². The summed E-state index contributed by atoms with van der Waals surface area (Å²) in [6, 6.07) is -0.0366. The number of hydrogen-bond acceptors (Lipinski definition) is 2. The average molecular weight is 225 g/mol. The topological polar surface area (TPSA) is 38.3 Å². The molecule has 0 aromatic rings. The summed E-state index contributed by atoms with van der Waals surface area (Å²) in [6.07, 6.45) is 5.45. The van der Waals surface area contributed by atoms with Gasteiger partial charge in [0.2, 0.25) is 0 Å². The molecule has 0 radical (unpaired) electrons.